The van der Waals surface area contributed by atoms with Crippen LogP contribution in [0.3, 0.4) is 0 Å². The van der Waals surface area contributed by atoms with Gasteiger partial charge in [0.05, 0.1) is 12.7 Å². The molecular weight excluding hydrogens is 417 g/mol. The Morgan fingerprint density at radius 2 is 1.68 bits per heavy atom. The second kappa shape index (κ2) is 11.0. The molecule has 0 spiro atoms. The van der Waals surface area contributed by atoms with Crippen molar-refractivity contribution < 1.29 is 37.0 Å². The third-order valence-corrected chi connectivity index (χ3v) is 4.12. The molecule has 2 aromatic rings. The summed E-state index contributed by atoms with van der Waals surface area (Å²) >= 11 is 0. The first-order valence-corrected chi connectivity index (χ1v) is 9.17. The molecule has 166 valence electrons. The standard InChI is InChI=1S/C21H21F3N2O5/c1-30-19(28)17(11-15-8-5-9-16(10-15)21(22,23)24)26-18(27)12-25-20(29)31-13-14-6-3-2-4-7-14/h2-10,17H,11-13H2,1H3,(H,25,29)(H,26,27)/t17-/m1/s1. The minimum absolute atomic E-state index is 0.00856. The largest absolute Gasteiger partial charge is 0.467 e. The number of carbonyl (C=O) groups is 3. The lowest BCUT2D eigenvalue weighted by molar-refractivity contribution is -0.144. The summed E-state index contributed by atoms with van der Waals surface area (Å²) in [4.78, 5) is 35.8. The van der Waals surface area contributed by atoms with Gasteiger partial charge < -0.3 is 20.1 Å². The molecule has 0 saturated heterocycles. The maximum Gasteiger partial charge on any atom is 0.416 e. The summed E-state index contributed by atoms with van der Waals surface area (Å²) in [6.07, 6.45) is -5.60. The second-order valence-electron chi connectivity index (χ2n) is 6.46. The highest BCUT2D eigenvalue weighted by Crippen LogP contribution is 2.29. The first-order valence-electron chi connectivity index (χ1n) is 9.17. The lowest BCUT2D eigenvalue weighted by Gasteiger charge is -2.17. The van der Waals surface area contributed by atoms with Crippen molar-refractivity contribution in [3.8, 4) is 0 Å². The molecule has 0 aliphatic carbocycles. The number of ether oxygens (including phenoxy) is 2. The van der Waals surface area contributed by atoms with Crippen LogP contribution in [0.25, 0.3) is 0 Å². The van der Waals surface area contributed by atoms with Crippen molar-refractivity contribution in [1.82, 2.24) is 10.6 Å². The molecule has 0 fully saturated rings. The van der Waals surface area contributed by atoms with E-state index in [0.717, 1.165) is 24.8 Å². The first-order chi connectivity index (χ1) is 14.7. The van der Waals surface area contributed by atoms with Gasteiger partial charge in [0.15, 0.2) is 0 Å². The number of alkyl carbamates (subject to hydrolysis) is 1. The Morgan fingerprint density at radius 1 is 1.00 bits per heavy atom. The van der Waals surface area contributed by atoms with Crippen LogP contribution < -0.4 is 10.6 Å². The van der Waals surface area contributed by atoms with E-state index in [1.807, 2.05) is 6.07 Å². The second-order valence-corrected chi connectivity index (χ2v) is 6.46. The van der Waals surface area contributed by atoms with Gasteiger partial charge in [-0.15, -0.1) is 0 Å². The van der Waals surface area contributed by atoms with E-state index < -0.39 is 42.3 Å². The molecule has 0 heterocycles. The highest BCUT2D eigenvalue weighted by atomic mass is 19.4. The summed E-state index contributed by atoms with van der Waals surface area (Å²) in [5.74, 6) is -1.57. The Morgan fingerprint density at radius 3 is 2.32 bits per heavy atom. The Hall–Kier alpha value is -3.56. The van der Waals surface area contributed by atoms with E-state index in [9.17, 15) is 27.6 Å². The molecule has 2 aromatic carbocycles. The number of methoxy groups -OCH3 is 1. The van der Waals surface area contributed by atoms with Crippen LogP contribution in [0.5, 0.6) is 0 Å². The summed E-state index contributed by atoms with van der Waals surface area (Å²) in [6, 6.07) is 12.1. The first kappa shape index (κ1) is 23.7. The topological polar surface area (TPSA) is 93.7 Å². The number of esters is 1. The summed E-state index contributed by atoms with van der Waals surface area (Å²) in [6.45, 7) is -0.488. The van der Waals surface area contributed by atoms with E-state index >= 15 is 0 Å². The van der Waals surface area contributed by atoms with Crippen molar-refractivity contribution in [2.24, 2.45) is 0 Å². The van der Waals surface area contributed by atoms with Crippen molar-refractivity contribution in [2.45, 2.75) is 25.2 Å². The van der Waals surface area contributed by atoms with Crippen molar-refractivity contribution in [2.75, 3.05) is 13.7 Å². The van der Waals surface area contributed by atoms with Crippen molar-refractivity contribution in [3.05, 3.63) is 71.3 Å². The molecule has 10 heteroatoms. The summed E-state index contributed by atoms with van der Waals surface area (Å²) < 4.78 is 48.2. The average molecular weight is 438 g/mol. The van der Waals surface area contributed by atoms with Gasteiger partial charge in [-0.2, -0.15) is 13.2 Å². The van der Waals surface area contributed by atoms with E-state index in [0.29, 0.717) is 0 Å². The number of halogens is 3. The van der Waals surface area contributed by atoms with E-state index in [-0.39, 0.29) is 18.6 Å². The normalized spacial score (nSPS) is 11.9. The number of rotatable bonds is 8. The highest BCUT2D eigenvalue weighted by Gasteiger charge is 2.31. The molecule has 7 nitrogen and oxygen atoms in total. The molecule has 0 saturated carbocycles. The maximum absolute atomic E-state index is 12.9. The number of hydrogen-bond donors (Lipinski definition) is 2. The zero-order valence-electron chi connectivity index (χ0n) is 16.6. The molecule has 0 aliphatic rings. The van der Waals surface area contributed by atoms with Gasteiger partial charge in [-0.25, -0.2) is 9.59 Å². The third kappa shape index (κ3) is 8.00. The van der Waals surface area contributed by atoms with Gasteiger partial charge in [-0.05, 0) is 17.2 Å². The fourth-order valence-electron chi connectivity index (χ4n) is 2.62. The van der Waals surface area contributed by atoms with Gasteiger partial charge >= 0.3 is 18.2 Å². The van der Waals surface area contributed by atoms with Crippen LogP contribution in [0.4, 0.5) is 18.0 Å². The molecular formula is C21H21F3N2O5. The molecule has 0 aromatic heterocycles. The van der Waals surface area contributed by atoms with Crippen LogP contribution in [-0.4, -0.2) is 37.7 Å². The molecule has 2 N–H and O–H groups in total. The SMILES string of the molecule is COC(=O)[C@@H](Cc1cccc(C(F)(F)F)c1)NC(=O)CNC(=O)OCc1ccccc1. The zero-order valence-corrected chi connectivity index (χ0v) is 16.6. The fraction of sp³-hybridized carbons (Fsp3) is 0.286. The molecule has 2 amide bonds. The summed E-state index contributed by atoms with van der Waals surface area (Å²) in [7, 11) is 1.09. The molecule has 1 atom stereocenters. The van der Waals surface area contributed by atoms with E-state index in [1.165, 1.54) is 12.1 Å². The van der Waals surface area contributed by atoms with Gasteiger partial charge in [-0.3, -0.25) is 4.79 Å². The molecule has 0 unspecified atom stereocenters. The van der Waals surface area contributed by atoms with Crippen LogP contribution in [0, 0.1) is 0 Å². The van der Waals surface area contributed by atoms with E-state index in [1.54, 1.807) is 24.3 Å². The third-order valence-electron chi connectivity index (χ3n) is 4.12. The van der Waals surface area contributed by atoms with Gasteiger partial charge in [0, 0.05) is 6.42 Å². The highest BCUT2D eigenvalue weighted by molar-refractivity contribution is 5.87. The Balaban J connectivity index is 1.89. The number of hydrogen-bond acceptors (Lipinski definition) is 5. The van der Waals surface area contributed by atoms with Crippen molar-refractivity contribution >= 4 is 18.0 Å². The van der Waals surface area contributed by atoms with Gasteiger partial charge in [0.1, 0.15) is 19.2 Å². The van der Waals surface area contributed by atoms with E-state index in [4.69, 9.17) is 4.74 Å². The lowest BCUT2D eigenvalue weighted by Crippen LogP contribution is -2.47. The molecule has 0 radical (unpaired) electrons. The van der Waals surface area contributed by atoms with Crippen LogP contribution in [0.2, 0.25) is 0 Å². The Kier molecular flexibility index (Phi) is 8.42. The summed E-state index contributed by atoms with van der Waals surface area (Å²) in [5, 5.41) is 4.57. The average Bonchev–Trinajstić information content (AvgIpc) is 2.75. The molecule has 0 aliphatic heterocycles. The van der Waals surface area contributed by atoms with Crippen LogP contribution in [-0.2, 0) is 38.3 Å². The molecule has 0 bridgehead atoms. The van der Waals surface area contributed by atoms with Crippen LogP contribution in [0.15, 0.2) is 54.6 Å². The maximum atomic E-state index is 12.9. The van der Waals surface area contributed by atoms with Crippen molar-refractivity contribution in [1.29, 1.82) is 0 Å². The zero-order chi connectivity index (χ0) is 22.9. The predicted molar refractivity (Wildman–Crippen MR) is 104 cm³/mol. The molecule has 2 rings (SSSR count). The minimum atomic E-state index is -4.54. The number of amides is 2. The predicted octanol–water partition coefficient (Wildman–Crippen LogP) is 2.83. The minimum Gasteiger partial charge on any atom is -0.467 e. The summed E-state index contributed by atoms with van der Waals surface area (Å²) in [5.41, 5.74) is 0.0671. The Bertz CT molecular complexity index is 903. The van der Waals surface area contributed by atoms with Gasteiger partial charge in [0.25, 0.3) is 0 Å². The van der Waals surface area contributed by atoms with Crippen LogP contribution in [0.1, 0.15) is 16.7 Å². The fourth-order valence-corrected chi connectivity index (χ4v) is 2.62. The number of carbonyl (C=O) groups excluding carboxylic acids is 3. The number of benzene rings is 2. The quantitative estimate of drug-likeness (QED) is 0.619. The molecule has 31 heavy (non-hydrogen) atoms. The van der Waals surface area contributed by atoms with Crippen molar-refractivity contribution in [3.63, 3.8) is 0 Å². The van der Waals surface area contributed by atoms with E-state index in [2.05, 4.69) is 15.4 Å². The lowest BCUT2D eigenvalue weighted by atomic mass is 10.0. The van der Waals surface area contributed by atoms with Gasteiger partial charge in [-0.1, -0.05) is 48.5 Å². The smallest absolute Gasteiger partial charge is 0.416 e. The number of alkyl halides is 3. The monoisotopic (exact) mass is 438 g/mol. The van der Waals surface area contributed by atoms with Crippen LogP contribution >= 0.6 is 0 Å². The Labute approximate surface area is 176 Å². The number of nitrogens with one attached hydrogen (secondary N) is 2. The van der Waals surface area contributed by atoms with Gasteiger partial charge in [0.2, 0.25) is 5.91 Å².